The first-order chi connectivity index (χ1) is 11.5. The molecule has 0 radical (unpaired) electrons. The van der Waals surface area contributed by atoms with Gasteiger partial charge in [0, 0.05) is 18.5 Å². The largest absolute Gasteiger partial charge is 0.326 e. The predicted molar refractivity (Wildman–Crippen MR) is 95.2 cm³/mol. The Kier molecular flexibility index (Phi) is 4.42. The number of carbonyl (C=O) groups is 1. The van der Waals surface area contributed by atoms with Crippen LogP contribution >= 0.6 is 0 Å². The number of carbonyl (C=O) groups excluding carboxylic acids is 1. The van der Waals surface area contributed by atoms with Crippen LogP contribution < -0.4 is 10.9 Å². The Labute approximate surface area is 139 Å². The van der Waals surface area contributed by atoms with Crippen molar-refractivity contribution in [3.63, 3.8) is 0 Å². The zero-order chi connectivity index (χ0) is 17.1. The molecule has 2 N–H and O–H groups in total. The summed E-state index contributed by atoms with van der Waals surface area (Å²) in [7, 11) is 0. The first kappa shape index (κ1) is 15.9. The molecule has 0 atom stereocenters. The van der Waals surface area contributed by atoms with E-state index in [0.717, 1.165) is 16.8 Å². The number of hydrogen-bond acceptors (Lipinski definition) is 3. The van der Waals surface area contributed by atoms with E-state index in [4.69, 9.17) is 0 Å². The van der Waals surface area contributed by atoms with Gasteiger partial charge in [0.2, 0.25) is 5.91 Å². The summed E-state index contributed by atoms with van der Waals surface area (Å²) in [5.41, 5.74) is 3.48. The molecule has 3 aromatic rings. The molecule has 1 aromatic heterocycles. The van der Waals surface area contributed by atoms with Crippen LogP contribution in [0.5, 0.6) is 0 Å². The quantitative estimate of drug-likeness (QED) is 0.775. The number of benzene rings is 2. The first-order valence-corrected chi connectivity index (χ1v) is 7.88. The van der Waals surface area contributed by atoms with Crippen molar-refractivity contribution in [2.45, 2.75) is 26.7 Å². The summed E-state index contributed by atoms with van der Waals surface area (Å²) < 4.78 is 0. The van der Waals surface area contributed by atoms with Crippen molar-refractivity contribution in [2.24, 2.45) is 0 Å². The van der Waals surface area contributed by atoms with Gasteiger partial charge in [0.05, 0.1) is 10.9 Å². The number of aromatic nitrogens is 2. The van der Waals surface area contributed by atoms with E-state index in [-0.39, 0.29) is 17.9 Å². The number of aromatic amines is 1. The smallest absolute Gasteiger partial charge is 0.258 e. The van der Waals surface area contributed by atoms with Crippen molar-refractivity contribution in [3.8, 4) is 0 Å². The van der Waals surface area contributed by atoms with Crippen LogP contribution in [0, 0.1) is 13.8 Å². The molecule has 1 heterocycles. The van der Waals surface area contributed by atoms with E-state index in [2.05, 4.69) is 15.3 Å². The highest BCUT2D eigenvalue weighted by Gasteiger charge is 2.08. The van der Waals surface area contributed by atoms with E-state index in [0.29, 0.717) is 23.1 Å². The van der Waals surface area contributed by atoms with Crippen LogP contribution in [-0.2, 0) is 11.2 Å². The normalized spacial score (nSPS) is 10.8. The molecule has 0 bridgehead atoms. The Bertz CT molecular complexity index is 960. The maximum Gasteiger partial charge on any atom is 0.258 e. The highest BCUT2D eigenvalue weighted by atomic mass is 16.1. The number of fused-ring (bicyclic) bond motifs is 1. The van der Waals surface area contributed by atoms with E-state index in [1.807, 2.05) is 38.1 Å². The molecular formula is C19H19N3O2. The Hall–Kier alpha value is -2.95. The maximum absolute atomic E-state index is 12.2. The lowest BCUT2D eigenvalue weighted by molar-refractivity contribution is -0.116. The number of hydrogen-bond donors (Lipinski definition) is 2. The van der Waals surface area contributed by atoms with Crippen molar-refractivity contribution >= 4 is 22.5 Å². The Morgan fingerprint density at radius 3 is 2.75 bits per heavy atom. The number of H-pyrrole nitrogens is 1. The molecule has 0 saturated heterocycles. The third-order valence-corrected chi connectivity index (χ3v) is 4.13. The highest BCUT2D eigenvalue weighted by molar-refractivity contribution is 5.91. The van der Waals surface area contributed by atoms with E-state index in [1.165, 1.54) is 0 Å². The lowest BCUT2D eigenvalue weighted by Gasteiger charge is -2.10. The molecule has 3 rings (SSSR count). The molecule has 2 aromatic carbocycles. The van der Waals surface area contributed by atoms with Crippen LogP contribution in [0.3, 0.4) is 0 Å². The minimum absolute atomic E-state index is 0.0977. The van der Waals surface area contributed by atoms with Gasteiger partial charge in [-0.25, -0.2) is 4.98 Å². The van der Waals surface area contributed by atoms with Crippen LogP contribution in [0.25, 0.3) is 10.9 Å². The fourth-order valence-electron chi connectivity index (χ4n) is 2.58. The van der Waals surface area contributed by atoms with Crippen molar-refractivity contribution in [1.29, 1.82) is 0 Å². The second-order valence-electron chi connectivity index (χ2n) is 5.83. The van der Waals surface area contributed by atoms with Crippen LogP contribution in [0.2, 0.25) is 0 Å². The van der Waals surface area contributed by atoms with Crippen LogP contribution in [0.1, 0.15) is 23.4 Å². The Morgan fingerprint density at radius 1 is 1.12 bits per heavy atom. The van der Waals surface area contributed by atoms with Crippen molar-refractivity contribution in [2.75, 3.05) is 5.32 Å². The molecule has 24 heavy (non-hydrogen) atoms. The third kappa shape index (κ3) is 3.35. The van der Waals surface area contributed by atoms with Gasteiger partial charge in [0.15, 0.2) is 0 Å². The zero-order valence-electron chi connectivity index (χ0n) is 13.7. The number of aryl methyl sites for hydroxylation is 2. The summed E-state index contributed by atoms with van der Waals surface area (Å²) in [4.78, 5) is 31.3. The molecule has 0 unspecified atom stereocenters. The monoisotopic (exact) mass is 321 g/mol. The summed E-state index contributed by atoms with van der Waals surface area (Å²) in [6.07, 6.45) is 0.644. The minimum atomic E-state index is -0.175. The zero-order valence-corrected chi connectivity index (χ0v) is 13.7. The number of anilines is 1. The number of nitrogens with zero attached hydrogens (tertiary/aromatic N) is 1. The molecule has 0 spiro atoms. The number of amides is 1. The van der Waals surface area contributed by atoms with Crippen LogP contribution in [0.15, 0.2) is 47.3 Å². The molecule has 0 saturated carbocycles. The van der Waals surface area contributed by atoms with Gasteiger partial charge in [-0.3, -0.25) is 9.59 Å². The molecule has 0 aliphatic heterocycles. The molecule has 1 amide bonds. The molecule has 122 valence electrons. The maximum atomic E-state index is 12.2. The second kappa shape index (κ2) is 6.66. The van der Waals surface area contributed by atoms with Gasteiger partial charge in [-0.1, -0.05) is 24.3 Å². The van der Waals surface area contributed by atoms with Gasteiger partial charge in [0.25, 0.3) is 5.56 Å². The molecule has 0 aliphatic carbocycles. The van der Waals surface area contributed by atoms with E-state index >= 15 is 0 Å². The average molecular weight is 321 g/mol. The van der Waals surface area contributed by atoms with Gasteiger partial charge in [-0.05, 0) is 43.2 Å². The number of nitrogens with one attached hydrogen (secondary N) is 2. The Balaban J connectivity index is 1.70. The summed E-state index contributed by atoms with van der Waals surface area (Å²) in [6.45, 7) is 3.99. The van der Waals surface area contributed by atoms with Gasteiger partial charge in [-0.15, -0.1) is 0 Å². The van der Waals surface area contributed by atoms with Gasteiger partial charge < -0.3 is 10.3 Å². The molecule has 5 heteroatoms. The summed E-state index contributed by atoms with van der Waals surface area (Å²) in [5, 5.41) is 3.47. The summed E-state index contributed by atoms with van der Waals surface area (Å²) in [5.74, 6) is 0.425. The van der Waals surface area contributed by atoms with Crippen LogP contribution in [-0.4, -0.2) is 15.9 Å². The van der Waals surface area contributed by atoms with Gasteiger partial charge >= 0.3 is 0 Å². The lowest BCUT2D eigenvalue weighted by Crippen LogP contribution is -2.16. The Morgan fingerprint density at radius 2 is 1.92 bits per heavy atom. The molecule has 0 fully saturated rings. The minimum Gasteiger partial charge on any atom is -0.326 e. The summed E-state index contributed by atoms with van der Waals surface area (Å²) >= 11 is 0. The van der Waals surface area contributed by atoms with Crippen LogP contribution in [0.4, 0.5) is 5.69 Å². The van der Waals surface area contributed by atoms with E-state index in [9.17, 15) is 9.59 Å². The highest BCUT2D eigenvalue weighted by Crippen LogP contribution is 2.18. The van der Waals surface area contributed by atoms with Gasteiger partial charge in [0.1, 0.15) is 5.82 Å². The van der Waals surface area contributed by atoms with Crippen molar-refractivity contribution in [3.05, 3.63) is 69.8 Å². The molecule has 5 nitrogen and oxygen atoms in total. The SMILES string of the molecule is Cc1cccc(NC(=O)CCc2nc3ccccc3c(=O)[nH]2)c1C. The first-order valence-electron chi connectivity index (χ1n) is 7.88. The number of para-hydroxylation sites is 1. The average Bonchev–Trinajstić information content (AvgIpc) is 2.57. The molecular weight excluding hydrogens is 302 g/mol. The van der Waals surface area contributed by atoms with E-state index < -0.39 is 0 Å². The lowest BCUT2D eigenvalue weighted by atomic mass is 10.1. The fraction of sp³-hybridized carbons (Fsp3) is 0.211. The third-order valence-electron chi connectivity index (χ3n) is 4.13. The van der Waals surface area contributed by atoms with Gasteiger partial charge in [-0.2, -0.15) is 0 Å². The standard InChI is InChI=1S/C19H19N3O2/c1-12-6-5-9-15(13(12)2)21-18(23)11-10-17-20-16-8-4-3-7-14(16)19(24)22-17/h3-9H,10-11H2,1-2H3,(H,21,23)(H,20,22,24). The predicted octanol–water partition coefficient (Wildman–Crippen LogP) is 3.11. The number of rotatable bonds is 4. The van der Waals surface area contributed by atoms with E-state index in [1.54, 1.807) is 18.2 Å². The van der Waals surface area contributed by atoms with Crippen molar-refractivity contribution < 1.29 is 4.79 Å². The second-order valence-corrected chi connectivity index (χ2v) is 5.83. The fourth-order valence-corrected chi connectivity index (χ4v) is 2.58. The summed E-state index contributed by atoms with van der Waals surface area (Å²) in [6, 6.07) is 13.0. The van der Waals surface area contributed by atoms with Crippen molar-refractivity contribution in [1.82, 2.24) is 9.97 Å². The molecule has 0 aliphatic rings. The topological polar surface area (TPSA) is 74.8 Å².